The fourth-order valence-corrected chi connectivity index (χ4v) is 4.63. The number of rotatable bonds is 4. The average Bonchev–Trinajstić information content (AvgIpc) is 3.24. The summed E-state index contributed by atoms with van der Waals surface area (Å²) in [5.74, 6) is -0.197. The molecule has 1 amide bonds. The van der Waals surface area contributed by atoms with Gasteiger partial charge in [-0.1, -0.05) is 59.5 Å². The van der Waals surface area contributed by atoms with Crippen LogP contribution in [0.15, 0.2) is 41.6 Å². The van der Waals surface area contributed by atoms with E-state index in [2.05, 4.69) is 5.16 Å². The molecule has 4 rings (SSSR count). The summed E-state index contributed by atoms with van der Waals surface area (Å²) in [5, 5.41) is 1.85. The Morgan fingerprint density at radius 1 is 1.06 bits per heavy atom. The van der Waals surface area contributed by atoms with Crippen LogP contribution in [-0.2, 0) is 27.1 Å². The Morgan fingerprint density at radius 3 is 2.19 bits per heavy atom. The van der Waals surface area contributed by atoms with E-state index < -0.39 is 51.2 Å². The molecular weight excluding hydrogens is 540 g/mol. The van der Waals surface area contributed by atoms with E-state index in [-0.39, 0.29) is 48.3 Å². The van der Waals surface area contributed by atoms with Gasteiger partial charge in [-0.2, -0.15) is 26.3 Å². The number of halogens is 9. The molecule has 0 bridgehead atoms. The number of carbonyl (C=O) groups is 1. The maximum atomic E-state index is 15.1. The van der Waals surface area contributed by atoms with Gasteiger partial charge in [0.1, 0.15) is 0 Å². The van der Waals surface area contributed by atoms with Crippen molar-refractivity contribution in [2.75, 3.05) is 13.1 Å². The molecule has 0 radical (unpaired) electrons. The van der Waals surface area contributed by atoms with Gasteiger partial charge in [-0.25, -0.2) is 4.39 Å². The zero-order chi connectivity index (χ0) is 26.7. The van der Waals surface area contributed by atoms with Gasteiger partial charge >= 0.3 is 12.4 Å². The first-order valence-electron chi connectivity index (χ1n) is 10.6. The second-order valence-electron chi connectivity index (χ2n) is 8.59. The minimum absolute atomic E-state index is 0.140. The Hall–Kier alpha value is -2.53. The smallest absolute Gasteiger partial charge is 0.374 e. The van der Waals surface area contributed by atoms with Crippen LogP contribution in [0.2, 0.25) is 10.0 Å². The summed E-state index contributed by atoms with van der Waals surface area (Å²) in [6.45, 7) is 1.38. The molecule has 0 aromatic heterocycles. The van der Waals surface area contributed by atoms with E-state index in [0.717, 1.165) is 0 Å². The standard InChI is InChI=1S/C23H17Cl2F7N2O2/c1-2-18(35)34-10-20(26,11-34)13-5-3-12(4-6-13)17-9-21(36-33-17,23(30,31)32)14-7-15(22(27,28)29)19(25)16(24)8-14/h3-8H,2,9-11H2,1H3. The Morgan fingerprint density at radius 2 is 1.67 bits per heavy atom. The van der Waals surface area contributed by atoms with Gasteiger partial charge in [-0.05, 0) is 23.3 Å². The molecule has 2 aliphatic rings. The first-order chi connectivity index (χ1) is 16.6. The number of amides is 1. The SMILES string of the molecule is CCC(=O)N1CC(F)(c2ccc(C3=NOC(c4cc(Cl)c(Cl)c(C(F)(F)F)c4)(C(F)(F)F)C3)cc2)C1. The molecule has 13 heteroatoms. The number of carbonyl (C=O) groups excluding carboxylic acids is 1. The molecule has 2 aromatic rings. The summed E-state index contributed by atoms with van der Waals surface area (Å²) in [6, 6.07) is 6.31. The van der Waals surface area contributed by atoms with Crippen LogP contribution < -0.4 is 0 Å². The highest BCUT2D eigenvalue weighted by Gasteiger charge is 2.63. The van der Waals surface area contributed by atoms with E-state index in [1.54, 1.807) is 6.92 Å². The van der Waals surface area contributed by atoms with Crippen molar-refractivity contribution in [1.82, 2.24) is 4.90 Å². The lowest BCUT2D eigenvalue weighted by Gasteiger charge is -2.44. The van der Waals surface area contributed by atoms with Gasteiger partial charge in [0.05, 0.1) is 34.4 Å². The van der Waals surface area contributed by atoms with Crippen molar-refractivity contribution in [3.63, 3.8) is 0 Å². The Bertz CT molecular complexity index is 1220. The lowest BCUT2D eigenvalue weighted by molar-refractivity contribution is -0.276. The highest BCUT2D eigenvalue weighted by atomic mass is 35.5. The van der Waals surface area contributed by atoms with E-state index in [4.69, 9.17) is 28.0 Å². The minimum Gasteiger partial charge on any atom is -0.374 e. The second kappa shape index (κ2) is 8.79. The largest absolute Gasteiger partial charge is 0.435 e. The van der Waals surface area contributed by atoms with E-state index >= 15 is 4.39 Å². The molecule has 0 spiro atoms. The van der Waals surface area contributed by atoms with Crippen molar-refractivity contribution in [3.05, 3.63) is 68.7 Å². The molecule has 2 heterocycles. The van der Waals surface area contributed by atoms with Crippen molar-refractivity contribution >= 4 is 34.8 Å². The van der Waals surface area contributed by atoms with Crippen LogP contribution in [0.3, 0.4) is 0 Å². The average molecular weight is 557 g/mol. The van der Waals surface area contributed by atoms with Crippen molar-refractivity contribution < 1.29 is 40.4 Å². The quantitative estimate of drug-likeness (QED) is 0.380. The van der Waals surface area contributed by atoms with E-state index in [0.29, 0.717) is 6.07 Å². The molecule has 1 atom stereocenters. The van der Waals surface area contributed by atoms with Crippen LogP contribution in [0.4, 0.5) is 30.7 Å². The second-order valence-corrected chi connectivity index (χ2v) is 9.38. The molecule has 1 unspecified atom stereocenters. The van der Waals surface area contributed by atoms with Crippen molar-refractivity contribution in [2.45, 2.75) is 43.4 Å². The van der Waals surface area contributed by atoms with Crippen molar-refractivity contribution in [3.8, 4) is 0 Å². The van der Waals surface area contributed by atoms with Crippen LogP contribution in [-0.4, -0.2) is 35.8 Å². The molecule has 2 aliphatic heterocycles. The maximum Gasteiger partial charge on any atom is 0.435 e. The van der Waals surface area contributed by atoms with Gasteiger partial charge in [0.25, 0.3) is 5.60 Å². The van der Waals surface area contributed by atoms with Gasteiger partial charge in [0.2, 0.25) is 5.91 Å². The van der Waals surface area contributed by atoms with E-state index in [1.807, 2.05) is 0 Å². The Balaban J connectivity index is 1.62. The first-order valence-corrected chi connectivity index (χ1v) is 11.3. The number of hydrogen-bond acceptors (Lipinski definition) is 3. The fourth-order valence-electron chi connectivity index (χ4n) is 4.19. The van der Waals surface area contributed by atoms with Crippen LogP contribution in [0.1, 0.15) is 42.0 Å². The molecule has 36 heavy (non-hydrogen) atoms. The summed E-state index contributed by atoms with van der Waals surface area (Å²) < 4.78 is 97.9. The van der Waals surface area contributed by atoms with E-state index in [9.17, 15) is 31.1 Å². The topological polar surface area (TPSA) is 41.9 Å². The van der Waals surface area contributed by atoms with Crippen molar-refractivity contribution in [2.24, 2.45) is 5.16 Å². The highest BCUT2D eigenvalue weighted by Crippen LogP contribution is 2.51. The highest BCUT2D eigenvalue weighted by molar-refractivity contribution is 6.42. The summed E-state index contributed by atoms with van der Waals surface area (Å²) in [5.41, 5.74) is -7.31. The summed E-state index contributed by atoms with van der Waals surface area (Å²) >= 11 is 11.3. The minimum atomic E-state index is -5.18. The van der Waals surface area contributed by atoms with Crippen LogP contribution in [0.5, 0.6) is 0 Å². The predicted octanol–water partition coefficient (Wildman–Crippen LogP) is 7.01. The number of hydrogen-bond donors (Lipinski definition) is 0. The molecule has 1 saturated heterocycles. The third-order valence-corrected chi connectivity index (χ3v) is 7.06. The number of alkyl halides is 7. The first kappa shape index (κ1) is 26.5. The molecular formula is C23H17Cl2F7N2O2. The maximum absolute atomic E-state index is 15.1. The predicted molar refractivity (Wildman–Crippen MR) is 118 cm³/mol. The number of benzene rings is 2. The normalized spacial score (nSPS) is 21.6. The lowest BCUT2D eigenvalue weighted by atomic mass is 9.84. The Kier molecular flexibility index (Phi) is 6.48. The molecule has 194 valence electrons. The van der Waals surface area contributed by atoms with Crippen LogP contribution >= 0.6 is 23.2 Å². The molecule has 0 aliphatic carbocycles. The number of likely N-dealkylation sites (tertiary alicyclic amines) is 1. The van der Waals surface area contributed by atoms with Gasteiger partial charge < -0.3 is 9.74 Å². The van der Waals surface area contributed by atoms with Gasteiger partial charge in [-0.15, -0.1) is 0 Å². The Labute approximate surface area is 210 Å². The fraction of sp³-hybridized carbons (Fsp3) is 0.391. The number of nitrogens with zero attached hydrogens (tertiary/aromatic N) is 2. The lowest BCUT2D eigenvalue weighted by Crippen LogP contribution is -2.58. The molecule has 1 fully saturated rings. The molecule has 0 N–H and O–H groups in total. The summed E-state index contributed by atoms with van der Waals surface area (Å²) in [4.78, 5) is 17.8. The van der Waals surface area contributed by atoms with Crippen LogP contribution in [0.25, 0.3) is 0 Å². The number of oxime groups is 1. The van der Waals surface area contributed by atoms with E-state index in [1.165, 1.54) is 29.2 Å². The van der Waals surface area contributed by atoms with Gasteiger partial charge in [-0.3, -0.25) is 4.79 Å². The third-order valence-electron chi connectivity index (χ3n) is 6.26. The van der Waals surface area contributed by atoms with Crippen LogP contribution in [0, 0.1) is 0 Å². The molecule has 4 nitrogen and oxygen atoms in total. The zero-order valence-corrected chi connectivity index (χ0v) is 19.9. The van der Waals surface area contributed by atoms with Crippen molar-refractivity contribution in [1.29, 1.82) is 0 Å². The zero-order valence-electron chi connectivity index (χ0n) is 18.4. The van der Waals surface area contributed by atoms with Gasteiger partial charge in [0, 0.05) is 18.4 Å². The third kappa shape index (κ3) is 4.40. The molecule has 2 aromatic carbocycles. The summed E-state index contributed by atoms with van der Waals surface area (Å²) in [6.07, 6.45) is -11.0. The summed E-state index contributed by atoms with van der Waals surface area (Å²) in [7, 11) is 0. The van der Waals surface area contributed by atoms with Gasteiger partial charge in [0.15, 0.2) is 5.67 Å². The monoisotopic (exact) mass is 556 g/mol. The molecule has 0 saturated carbocycles.